The molecular formula is C16H23N5O. The van der Waals surface area contributed by atoms with Crippen LogP contribution in [0.5, 0.6) is 0 Å². The van der Waals surface area contributed by atoms with Crippen LogP contribution in [0.4, 0.5) is 5.95 Å². The highest BCUT2D eigenvalue weighted by atomic mass is 16.2. The van der Waals surface area contributed by atoms with E-state index in [4.69, 9.17) is 5.26 Å². The van der Waals surface area contributed by atoms with Crippen LogP contribution in [0.2, 0.25) is 0 Å². The van der Waals surface area contributed by atoms with Crippen LogP contribution < -0.4 is 4.90 Å². The molecule has 1 aliphatic rings. The van der Waals surface area contributed by atoms with Gasteiger partial charge in [0.15, 0.2) is 0 Å². The Morgan fingerprint density at radius 1 is 1.27 bits per heavy atom. The first-order chi connectivity index (χ1) is 10.3. The molecule has 0 aliphatic carbocycles. The zero-order valence-electron chi connectivity index (χ0n) is 13.8. The van der Waals surface area contributed by atoms with E-state index in [0.717, 1.165) is 5.69 Å². The summed E-state index contributed by atoms with van der Waals surface area (Å²) in [6.45, 7) is 10.8. The van der Waals surface area contributed by atoms with Crippen molar-refractivity contribution in [3.05, 3.63) is 17.5 Å². The summed E-state index contributed by atoms with van der Waals surface area (Å²) in [5, 5.41) is 9.00. The van der Waals surface area contributed by atoms with Crippen LogP contribution in [0.1, 0.15) is 38.6 Å². The van der Waals surface area contributed by atoms with Crippen LogP contribution in [-0.2, 0) is 4.79 Å². The van der Waals surface area contributed by atoms with Crippen molar-refractivity contribution < 1.29 is 4.79 Å². The van der Waals surface area contributed by atoms with Gasteiger partial charge in [0.25, 0.3) is 0 Å². The van der Waals surface area contributed by atoms with E-state index in [9.17, 15) is 4.79 Å². The monoisotopic (exact) mass is 301 g/mol. The second-order valence-electron chi connectivity index (χ2n) is 6.91. The fourth-order valence-corrected chi connectivity index (χ4v) is 2.47. The summed E-state index contributed by atoms with van der Waals surface area (Å²) in [7, 11) is 0. The summed E-state index contributed by atoms with van der Waals surface area (Å²) in [5.41, 5.74) is 1.18. The lowest BCUT2D eigenvalue weighted by molar-refractivity contribution is -0.133. The number of hydrogen-bond acceptors (Lipinski definition) is 5. The lowest BCUT2D eigenvalue weighted by atomic mass is 9.91. The molecule has 1 aromatic heterocycles. The molecule has 0 unspecified atom stereocenters. The van der Waals surface area contributed by atoms with Gasteiger partial charge in [0.1, 0.15) is 11.8 Å². The number of aromatic nitrogens is 2. The summed E-state index contributed by atoms with van der Waals surface area (Å²) < 4.78 is 0. The number of rotatable bonds is 2. The van der Waals surface area contributed by atoms with E-state index in [2.05, 4.69) is 36.8 Å². The molecule has 0 atom stereocenters. The van der Waals surface area contributed by atoms with Crippen LogP contribution in [0.25, 0.3) is 0 Å². The molecule has 118 valence electrons. The van der Waals surface area contributed by atoms with Gasteiger partial charge in [-0.2, -0.15) is 5.26 Å². The van der Waals surface area contributed by atoms with E-state index in [1.807, 2.05) is 16.7 Å². The van der Waals surface area contributed by atoms with Crippen molar-refractivity contribution in [2.75, 3.05) is 31.1 Å². The van der Waals surface area contributed by atoms with Crippen LogP contribution in [-0.4, -0.2) is 47.0 Å². The van der Waals surface area contributed by atoms with Crippen molar-refractivity contribution in [2.45, 2.75) is 34.1 Å². The minimum Gasteiger partial charge on any atom is -0.339 e. The lowest BCUT2D eigenvalue weighted by Gasteiger charge is -2.36. The Hall–Kier alpha value is -2.16. The smallest absolute Gasteiger partial charge is 0.226 e. The molecular weight excluding hydrogens is 278 g/mol. The molecule has 0 bridgehead atoms. The standard InChI is InChI=1S/C16H23N5O/c1-12-9-13(11-17)19-15(18-12)21-7-5-20(6-8-21)14(22)10-16(2,3)4/h9H,5-8,10H2,1-4H3. The number of carbonyl (C=O) groups excluding carboxylic acids is 1. The van der Waals surface area contributed by atoms with E-state index >= 15 is 0 Å². The van der Waals surface area contributed by atoms with Gasteiger partial charge < -0.3 is 9.80 Å². The molecule has 0 saturated carbocycles. The lowest BCUT2D eigenvalue weighted by Crippen LogP contribution is -2.49. The topological polar surface area (TPSA) is 73.1 Å². The highest BCUT2D eigenvalue weighted by Crippen LogP contribution is 2.21. The third-order valence-electron chi connectivity index (χ3n) is 3.55. The predicted octanol–water partition coefficient (Wildman–Crippen LogP) is 1.74. The zero-order chi connectivity index (χ0) is 16.3. The Labute approximate surface area is 131 Å². The maximum absolute atomic E-state index is 12.2. The Morgan fingerprint density at radius 2 is 1.91 bits per heavy atom. The van der Waals surface area contributed by atoms with Gasteiger partial charge in [0.2, 0.25) is 11.9 Å². The first kappa shape index (κ1) is 16.2. The molecule has 2 heterocycles. The Morgan fingerprint density at radius 3 is 2.45 bits per heavy atom. The maximum atomic E-state index is 12.2. The van der Waals surface area contributed by atoms with Crippen LogP contribution in [0.3, 0.4) is 0 Å². The molecule has 1 aliphatic heterocycles. The van der Waals surface area contributed by atoms with Crippen LogP contribution >= 0.6 is 0 Å². The van der Waals surface area contributed by atoms with Gasteiger partial charge in [-0.1, -0.05) is 20.8 Å². The van der Waals surface area contributed by atoms with Gasteiger partial charge in [-0.05, 0) is 18.4 Å². The molecule has 1 amide bonds. The Balaban J connectivity index is 1.99. The molecule has 0 N–H and O–H groups in total. The summed E-state index contributed by atoms with van der Waals surface area (Å²) in [5.74, 6) is 0.787. The normalized spacial score (nSPS) is 15.6. The fraction of sp³-hybridized carbons (Fsp3) is 0.625. The quantitative estimate of drug-likeness (QED) is 0.832. The number of nitriles is 1. The second kappa shape index (κ2) is 6.30. The van der Waals surface area contributed by atoms with Gasteiger partial charge in [-0.25, -0.2) is 9.97 Å². The van der Waals surface area contributed by atoms with E-state index in [1.54, 1.807) is 6.07 Å². The van der Waals surface area contributed by atoms with Crippen molar-refractivity contribution in [3.63, 3.8) is 0 Å². The molecule has 22 heavy (non-hydrogen) atoms. The molecule has 1 saturated heterocycles. The molecule has 0 spiro atoms. The van der Waals surface area contributed by atoms with Gasteiger partial charge >= 0.3 is 0 Å². The first-order valence-electron chi connectivity index (χ1n) is 7.57. The van der Waals surface area contributed by atoms with Gasteiger partial charge in [0, 0.05) is 38.3 Å². The fourth-order valence-electron chi connectivity index (χ4n) is 2.47. The molecule has 0 aromatic carbocycles. The second-order valence-corrected chi connectivity index (χ2v) is 6.91. The molecule has 6 heteroatoms. The van der Waals surface area contributed by atoms with Gasteiger partial charge in [0.05, 0.1) is 0 Å². The molecule has 0 radical (unpaired) electrons. The van der Waals surface area contributed by atoms with Crippen molar-refractivity contribution in [3.8, 4) is 6.07 Å². The van der Waals surface area contributed by atoms with E-state index in [1.165, 1.54) is 0 Å². The van der Waals surface area contributed by atoms with Crippen molar-refractivity contribution >= 4 is 11.9 Å². The van der Waals surface area contributed by atoms with Crippen molar-refractivity contribution in [1.29, 1.82) is 5.26 Å². The molecule has 1 aromatic rings. The number of anilines is 1. The van der Waals surface area contributed by atoms with Crippen LogP contribution in [0, 0.1) is 23.7 Å². The molecule has 1 fully saturated rings. The summed E-state index contributed by atoms with van der Waals surface area (Å²) >= 11 is 0. The number of carbonyl (C=O) groups is 1. The average Bonchev–Trinajstić information content (AvgIpc) is 2.45. The maximum Gasteiger partial charge on any atom is 0.226 e. The van der Waals surface area contributed by atoms with Gasteiger partial charge in [-0.15, -0.1) is 0 Å². The number of piperazine rings is 1. The largest absolute Gasteiger partial charge is 0.339 e. The van der Waals surface area contributed by atoms with E-state index in [0.29, 0.717) is 44.2 Å². The minimum atomic E-state index is 0.00949. The highest BCUT2D eigenvalue weighted by molar-refractivity contribution is 5.77. The molecule has 2 rings (SSSR count). The number of amides is 1. The summed E-state index contributed by atoms with van der Waals surface area (Å²) in [4.78, 5) is 24.8. The third kappa shape index (κ3) is 4.17. The third-order valence-corrected chi connectivity index (χ3v) is 3.55. The van der Waals surface area contributed by atoms with Crippen molar-refractivity contribution in [1.82, 2.24) is 14.9 Å². The Bertz CT molecular complexity index is 592. The Kier molecular flexibility index (Phi) is 4.65. The predicted molar refractivity (Wildman–Crippen MR) is 84.3 cm³/mol. The summed E-state index contributed by atoms with van der Waals surface area (Å²) in [6, 6.07) is 3.73. The summed E-state index contributed by atoms with van der Waals surface area (Å²) in [6.07, 6.45) is 0.562. The molecule has 6 nitrogen and oxygen atoms in total. The average molecular weight is 301 g/mol. The van der Waals surface area contributed by atoms with Crippen LogP contribution in [0.15, 0.2) is 6.07 Å². The zero-order valence-corrected chi connectivity index (χ0v) is 13.8. The van der Waals surface area contributed by atoms with Crippen molar-refractivity contribution in [2.24, 2.45) is 5.41 Å². The first-order valence-corrected chi connectivity index (χ1v) is 7.57. The minimum absolute atomic E-state index is 0.00949. The highest BCUT2D eigenvalue weighted by Gasteiger charge is 2.25. The van der Waals surface area contributed by atoms with E-state index in [-0.39, 0.29) is 11.3 Å². The number of nitrogens with zero attached hydrogens (tertiary/aromatic N) is 5. The SMILES string of the molecule is Cc1cc(C#N)nc(N2CCN(C(=O)CC(C)(C)C)CC2)n1. The number of hydrogen-bond donors (Lipinski definition) is 0. The number of aryl methyl sites for hydroxylation is 1. The van der Waals surface area contributed by atoms with E-state index < -0.39 is 0 Å². The van der Waals surface area contributed by atoms with Gasteiger partial charge in [-0.3, -0.25) is 4.79 Å².